The largest absolute Gasteiger partial charge is 0.340 e. The SMILES string of the molecule is CC(=O)N1CCN(C2CN(Cc3ccc(F)cc3C#N)CC2C)CC1. The van der Waals surface area contributed by atoms with Gasteiger partial charge in [0.2, 0.25) is 5.91 Å². The van der Waals surface area contributed by atoms with E-state index in [2.05, 4.69) is 22.8 Å². The van der Waals surface area contributed by atoms with Crippen LogP contribution in [-0.2, 0) is 11.3 Å². The van der Waals surface area contributed by atoms with E-state index >= 15 is 0 Å². The van der Waals surface area contributed by atoms with Crippen LogP contribution in [0.4, 0.5) is 4.39 Å². The van der Waals surface area contributed by atoms with Crippen molar-refractivity contribution >= 4 is 5.91 Å². The summed E-state index contributed by atoms with van der Waals surface area (Å²) < 4.78 is 13.3. The third-order valence-corrected chi connectivity index (χ3v) is 5.46. The molecule has 25 heavy (non-hydrogen) atoms. The molecule has 2 heterocycles. The summed E-state index contributed by atoms with van der Waals surface area (Å²) in [5.74, 6) is 0.326. The van der Waals surface area contributed by atoms with Gasteiger partial charge in [-0.25, -0.2) is 4.39 Å². The van der Waals surface area contributed by atoms with E-state index in [4.69, 9.17) is 0 Å². The van der Waals surface area contributed by atoms with Crippen LogP contribution in [0.2, 0.25) is 0 Å². The van der Waals surface area contributed by atoms with Crippen LogP contribution in [-0.4, -0.2) is 65.9 Å². The van der Waals surface area contributed by atoms with E-state index in [0.29, 0.717) is 24.1 Å². The van der Waals surface area contributed by atoms with E-state index in [1.165, 1.54) is 12.1 Å². The van der Waals surface area contributed by atoms with Crippen molar-refractivity contribution in [1.29, 1.82) is 5.26 Å². The van der Waals surface area contributed by atoms with Crippen molar-refractivity contribution in [3.8, 4) is 6.07 Å². The van der Waals surface area contributed by atoms with Gasteiger partial charge in [0.25, 0.3) is 0 Å². The Kier molecular flexibility index (Phi) is 5.36. The van der Waals surface area contributed by atoms with Crippen LogP contribution in [0.25, 0.3) is 0 Å². The van der Waals surface area contributed by atoms with Crippen molar-refractivity contribution < 1.29 is 9.18 Å². The van der Waals surface area contributed by atoms with E-state index in [0.717, 1.165) is 44.8 Å². The summed E-state index contributed by atoms with van der Waals surface area (Å²) >= 11 is 0. The van der Waals surface area contributed by atoms with Gasteiger partial charge in [-0.3, -0.25) is 14.6 Å². The summed E-state index contributed by atoms with van der Waals surface area (Å²) in [5.41, 5.74) is 1.31. The molecule has 6 heteroatoms. The molecule has 0 spiro atoms. The molecule has 0 aliphatic carbocycles. The third kappa shape index (κ3) is 4.00. The fraction of sp³-hybridized carbons (Fsp3) is 0.579. The lowest BCUT2D eigenvalue weighted by Gasteiger charge is -2.39. The first-order valence-electron chi connectivity index (χ1n) is 8.88. The van der Waals surface area contributed by atoms with E-state index in [1.54, 1.807) is 13.0 Å². The number of carbonyl (C=O) groups is 1. The van der Waals surface area contributed by atoms with Crippen molar-refractivity contribution in [2.24, 2.45) is 5.92 Å². The lowest BCUT2D eigenvalue weighted by atomic mass is 10.0. The summed E-state index contributed by atoms with van der Waals surface area (Å²) in [4.78, 5) is 18.2. The number of halogens is 1. The van der Waals surface area contributed by atoms with Gasteiger partial charge in [-0.2, -0.15) is 5.26 Å². The maximum absolute atomic E-state index is 13.3. The maximum atomic E-state index is 13.3. The normalized spacial score (nSPS) is 25.1. The Hall–Kier alpha value is -1.97. The highest BCUT2D eigenvalue weighted by Crippen LogP contribution is 2.25. The number of amides is 1. The molecular weight excluding hydrogens is 319 g/mol. The van der Waals surface area contributed by atoms with Crippen LogP contribution in [0.5, 0.6) is 0 Å². The summed E-state index contributed by atoms with van der Waals surface area (Å²) in [6.07, 6.45) is 0. The smallest absolute Gasteiger partial charge is 0.219 e. The Morgan fingerprint density at radius 3 is 2.64 bits per heavy atom. The van der Waals surface area contributed by atoms with Crippen LogP contribution in [0.1, 0.15) is 25.0 Å². The summed E-state index contributed by atoms with van der Waals surface area (Å²) in [6.45, 7) is 9.93. The van der Waals surface area contributed by atoms with Crippen LogP contribution < -0.4 is 0 Å². The molecule has 0 saturated carbocycles. The molecule has 1 aromatic carbocycles. The monoisotopic (exact) mass is 344 g/mol. The van der Waals surface area contributed by atoms with Crippen molar-refractivity contribution in [3.05, 3.63) is 35.1 Å². The molecule has 1 amide bonds. The molecule has 5 nitrogen and oxygen atoms in total. The van der Waals surface area contributed by atoms with E-state index in [-0.39, 0.29) is 11.7 Å². The van der Waals surface area contributed by atoms with Gasteiger partial charge in [-0.1, -0.05) is 13.0 Å². The molecule has 0 bridgehead atoms. The summed E-state index contributed by atoms with van der Waals surface area (Å²) in [7, 11) is 0. The summed E-state index contributed by atoms with van der Waals surface area (Å²) in [6, 6.07) is 7.03. The Morgan fingerprint density at radius 1 is 1.28 bits per heavy atom. The second-order valence-electron chi connectivity index (χ2n) is 7.19. The molecule has 2 aliphatic heterocycles. The van der Waals surface area contributed by atoms with Gasteiger partial charge < -0.3 is 4.90 Å². The summed E-state index contributed by atoms with van der Waals surface area (Å²) in [5, 5.41) is 9.22. The molecule has 2 saturated heterocycles. The van der Waals surface area contributed by atoms with E-state index in [9.17, 15) is 14.4 Å². The number of benzene rings is 1. The number of rotatable bonds is 3. The molecule has 2 unspecified atom stereocenters. The first-order chi connectivity index (χ1) is 12.0. The number of hydrogen-bond donors (Lipinski definition) is 0. The lowest BCUT2D eigenvalue weighted by Crippen LogP contribution is -2.53. The van der Waals surface area contributed by atoms with Crippen molar-refractivity contribution in [2.45, 2.75) is 26.4 Å². The Balaban J connectivity index is 1.61. The maximum Gasteiger partial charge on any atom is 0.219 e. The van der Waals surface area contributed by atoms with Crippen LogP contribution in [0, 0.1) is 23.1 Å². The number of hydrogen-bond acceptors (Lipinski definition) is 4. The minimum absolute atomic E-state index is 0.154. The lowest BCUT2D eigenvalue weighted by molar-refractivity contribution is -0.130. The van der Waals surface area contributed by atoms with Gasteiger partial charge in [-0.15, -0.1) is 0 Å². The standard InChI is InChI=1S/C19H25FN4O/c1-14-11-22(12-16-3-4-18(20)9-17(16)10-21)13-19(14)24-7-5-23(6-8-24)15(2)25/h3-4,9,14,19H,5-8,11-13H2,1-2H3. The van der Waals surface area contributed by atoms with Gasteiger partial charge in [0.05, 0.1) is 11.6 Å². The zero-order valence-corrected chi connectivity index (χ0v) is 14.9. The molecule has 0 N–H and O–H groups in total. The highest BCUT2D eigenvalue weighted by molar-refractivity contribution is 5.73. The molecule has 0 aromatic heterocycles. The minimum atomic E-state index is -0.365. The Labute approximate surface area is 148 Å². The fourth-order valence-corrected chi connectivity index (χ4v) is 4.05. The average Bonchev–Trinajstić information content (AvgIpc) is 2.97. The van der Waals surface area contributed by atoms with Gasteiger partial charge in [0.1, 0.15) is 5.82 Å². The Morgan fingerprint density at radius 2 is 2.00 bits per heavy atom. The second kappa shape index (κ2) is 7.51. The van der Waals surface area contributed by atoms with E-state index < -0.39 is 0 Å². The Bertz CT molecular complexity index is 678. The number of likely N-dealkylation sites (tertiary alicyclic amines) is 1. The molecule has 2 aliphatic rings. The zero-order valence-electron chi connectivity index (χ0n) is 14.9. The highest BCUT2D eigenvalue weighted by Gasteiger charge is 2.35. The third-order valence-electron chi connectivity index (χ3n) is 5.46. The number of carbonyl (C=O) groups excluding carboxylic acids is 1. The predicted molar refractivity (Wildman–Crippen MR) is 93.2 cm³/mol. The first kappa shape index (κ1) is 17.8. The van der Waals surface area contributed by atoms with Gasteiger partial charge in [0, 0.05) is 58.8 Å². The number of piperazine rings is 1. The number of nitriles is 1. The van der Waals surface area contributed by atoms with Crippen molar-refractivity contribution in [1.82, 2.24) is 14.7 Å². The van der Waals surface area contributed by atoms with E-state index in [1.807, 2.05) is 4.90 Å². The number of nitrogens with zero attached hydrogens (tertiary/aromatic N) is 4. The molecule has 0 radical (unpaired) electrons. The fourth-order valence-electron chi connectivity index (χ4n) is 4.05. The first-order valence-corrected chi connectivity index (χ1v) is 8.88. The van der Waals surface area contributed by atoms with Crippen molar-refractivity contribution in [3.63, 3.8) is 0 Å². The quantitative estimate of drug-likeness (QED) is 0.837. The van der Waals surface area contributed by atoms with Gasteiger partial charge in [0.15, 0.2) is 0 Å². The molecule has 3 rings (SSSR count). The molecule has 2 atom stereocenters. The molecule has 2 fully saturated rings. The van der Waals surface area contributed by atoms with Crippen LogP contribution >= 0.6 is 0 Å². The molecule has 134 valence electrons. The zero-order chi connectivity index (χ0) is 18.0. The average molecular weight is 344 g/mol. The van der Waals surface area contributed by atoms with Crippen LogP contribution in [0.15, 0.2) is 18.2 Å². The predicted octanol–water partition coefficient (Wildman–Crippen LogP) is 1.68. The van der Waals surface area contributed by atoms with Gasteiger partial charge in [-0.05, 0) is 23.6 Å². The highest BCUT2D eigenvalue weighted by atomic mass is 19.1. The van der Waals surface area contributed by atoms with Gasteiger partial charge >= 0.3 is 0 Å². The second-order valence-corrected chi connectivity index (χ2v) is 7.19. The topological polar surface area (TPSA) is 50.6 Å². The molecule has 1 aromatic rings. The molecular formula is C19H25FN4O. The minimum Gasteiger partial charge on any atom is -0.340 e. The van der Waals surface area contributed by atoms with Crippen molar-refractivity contribution in [2.75, 3.05) is 39.3 Å². The van der Waals surface area contributed by atoms with Crippen LogP contribution in [0.3, 0.4) is 0 Å².